The van der Waals surface area contributed by atoms with Gasteiger partial charge in [-0.3, -0.25) is 0 Å². The van der Waals surface area contributed by atoms with Crippen molar-refractivity contribution in [3.8, 4) is 0 Å². The fourth-order valence-corrected chi connectivity index (χ4v) is 7.71. The number of likely N-dealkylation sites (N-methyl/N-ethyl adjacent to an activating group) is 2. The van der Waals surface area contributed by atoms with Crippen LogP contribution >= 0.6 is 6.57 Å². The van der Waals surface area contributed by atoms with Crippen LogP contribution in [0.2, 0.25) is 0 Å². The Labute approximate surface area is 146 Å². The molecule has 128 valence electrons. The Bertz CT molecular complexity index is 545. The molecule has 23 heavy (non-hydrogen) atoms. The lowest BCUT2D eigenvalue weighted by Gasteiger charge is -2.34. The van der Waals surface area contributed by atoms with Gasteiger partial charge in [-0.25, -0.2) is 9.34 Å². The molecule has 0 radical (unpaired) electrons. The van der Waals surface area contributed by atoms with Crippen molar-refractivity contribution in [1.29, 1.82) is 0 Å². The topological polar surface area (TPSA) is 15.7 Å². The third-order valence-corrected chi connectivity index (χ3v) is 9.96. The fraction of sp³-hybridized carbons (Fsp3) is 0.667. The van der Waals surface area contributed by atoms with Crippen LogP contribution in [-0.2, 0) is 16.3 Å². The van der Waals surface area contributed by atoms with Gasteiger partial charge in [-0.2, -0.15) is 0 Å². The van der Waals surface area contributed by atoms with Crippen molar-refractivity contribution < 1.29 is 4.52 Å². The lowest BCUT2D eigenvalue weighted by Crippen LogP contribution is -2.37. The third kappa shape index (κ3) is 3.29. The van der Waals surface area contributed by atoms with Crippen molar-refractivity contribution >= 4 is 18.4 Å². The maximum Gasteiger partial charge on any atom is 0.204 e. The highest BCUT2D eigenvalue weighted by Gasteiger charge is 2.50. The molecule has 1 aromatic rings. The lowest BCUT2D eigenvalue weighted by atomic mass is 9.91. The van der Waals surface area contributed by atoms with Crippen molar-refractivity contribution in [2.24, 2.45) is 0 Å². The first-order chi connectivity index (χ1) is 11.1. The van der Waals surface area contributed by atoms with Crippen LogP contribution in [0.25, 0.3) is 0 Å². The molecule has 0 spiro atoms. The van der Waals surface area contributed by atoms with Gasteiger partial charge >= 0.3 is 0 Å². The predicted octanol–water partition coefficient (Wildman–Crippen LogP) is 4.96. The second kappa shape index (κ2) is 7.33. The van der Waals surface area contributed by atoms with Gasteiger partial charge in [0.25, 0.3) is 0 Å². The summed E-state index contributed by atoms with van der Waals surface area (Å²) < 4.78 is 11.5. The van der Waals surface area contributed by atoms with E-state index in [-0.39, 0.29) is 6.10 Å². The van der Waals surface area contributed by atoms with Crippen molar-refractivity contribution in [3.63, 3.8) is 0 Å². The van der Waals surface area contributed by atoms with E-state index in [1.807, 2.05) is 0 Å². The second-order valence-corrected chi connectivity index (χ2v) is 10.7. The molecule has 2 fully saturated rings. The summed E-state index contributed by atoms with van der Waals surface area (Å²) in [5, 5.41) is 0. The Hall–Kier alpha value is -0.250. The summed E-state index contributed by atoms with van der Waals surface area (Å²) >= 11 is 6.16. The molecule has 1 aliphatic heterocycles. The van der Waals surface area contributed by atoms with Crippen LogP contribution in [0.5, 0.6) is 0 Å². The molecule has 0 unspecified atom stereocenters. The Kier molecular flexibility index (Phi) is 5.60. The molecule has 0 amide bonds. The predicted molar refractivity (Wildman–Crippen MR) is 101 cm³/mol. The first-order valence-electron chi connectivity index (χ1n) is 8.88. The molecule has 1 saturated heterocycles. The van der Waals surface area contributed by atoms with Crippen molar-refractivity contribution in [1.82, 2.24) is 9.34 Å². The van der Waals surface area contributed by atoms with E-state index in [0.29, 0.717) is 12.1 Å². The van der Waals surface area contributed by atoms with E-state index in [9.17, 15) is 0 Å². The van der Waals surface area contributed by atoms with E-state index in [1.54, 1.807) is 0 Å². The summed E-state index contributed by atoms with van der Waals surface area (Å²) in [7, 11) is 4.39. The summed E-state index contributed by atoms with van der Waals surface area (Å²) in [5.41, 5.74) is 1.26. The zero-order valence-corrected chi connectivity index (χ0v) is 16.2. The summed E-state index contributed by atoms with van der Waals surface area (Å²) in [5.74, 6) is 0. The average Bonchev–Trinajstić information content (AvgIpc) is 2.78. The number of nitrogens with zero attached hydrogens (tertiary/aromatic N) is 2. The van der Waals surface area contributed by atoms with Gasteiger partial charge in [0, 0.05) is 12.1 Å². The van der Waals surface area contributed by atoms with E-state index in [1.165, 1.54) is 31.2 Å². The van der Waals surface area contributed by atoms with Gasteiger partial charge in [0.2, 0.25) is 6.57 Å². The SMILES string of the molecule is CCC[C@@H](OP1(=S)N(C)[C@@H]2CCCC[C@H]2N1C)c1ccccc1. The summed E-state index contributed by atoms with van der Waals surface area (Å²) in [6.07, 6.45) is 7.41. The first-order valence-corrected chi connectivity index (χ1v) is 11.5. The van der Waals surface area contributed by atoms with Crippen LogP contribution in [0.1, 0.15) is 57.1 Å². The molecule has 5 heteroatoms. The molecule has 3 atom stereocenters. The first kappa shape index (κ1) is 17.6. The van der Waals surface area contributed by atoms with E-state index >= 15 is 0 Å². The Balaban J connectivity index is 1.85. The van der Waals surface area contributed by atoms with E-state index in [0.717, 1.165) is 12.8 Å². The zero-order valence-electron chi connectivity index (χ0n) is 14.5. The van der Waals surface area contributed by atoms with Crippen LogP contribution in [-0.4, -0.2) is 35.5 Å². The molecule has 3 rings (SSSR count). The van der Waals surface area contributed by atoms with Gasteiger partial charge in [-0.05, 0) is 50.7 Å². The number of hydrogen-bond acceptors (Lipinski definition) is 2. The number of benzene rings is 1. The van der Waals surface area contributed by atoms with Crippen LogP contribution < -0.4 is 0 Å². The monoisotopic (exact) mass is 352 g/mol. The fourth-order valence-electron chi connectivity index (χ4n) is 4.09. The molecule has 2 aliphatic rings. The van der Waals surface area contributed by atoms with E-state index in [4.69, 9.17) is 16.3 Å². The Morgan fingerprint density at radius 1 is 1.13 bits per heavy atom. The molecule has 1 aromatic carbocycles. The van der Waals surface area contributed by atoms with Crippen LogP contribution in [0, 0.1) is 0 Å². The molecule has 0 aromatic heterocycles. The van der Waals surface area contributed by atoms with Crippen molar-refractivity contribution in [2.45, 2.75) is 63.6 Å². The molecule has 1 aliphatic carbocycles. The van der Waals surface area contributed by atoms with Crippen molar-refractivity contribution in [3.05, 3.63) is 35.9 Å². The van der Waals surface area contributed by atoms with Gasteiger partial charge < -0.3 is 4.52 Å². The molecular formula is C18H29N2OPS. The van der Waals surface area contributed by atoms with Crippen molar-refractivity contribution in [2.75, 3.05) is 14.1 Å². The minimum Gasteiger partial charge on any atom is -0.319 e. The van der Waals surface area contributed by atoms with Gasteiger partial charge in [-0.1, -0.05) is 56.5 Å². The molecule has 0 bridgehead atoms. The molecule has 1 heterocycles. The maximum atomic E-state index is 6.72. The summed E-state index contributed by atoms with van der Waals surface area (Å²) in [4.78, 5) is 0. The van der Waals surface area contributed by atoms with Crippen LogP contribution in [0.3, 0.4) is 0 Å². The average molecular weight is 352 g/mol. The van der Waals surface area contributed by atoms with Crippen LogP contribution in [0.15, 0.2) is 30.3 Å². The largest absolute Gasteiger partial charge is 0.319 e. The minimum absolute atomic E-state index is 0.108. The van der Waals surface area contributed by atoms with E-state index in [2.05, 4.69) is 60.7 Å². The Morgan fingerprint density at radius 3 is 2.22 bits per heavy atom. The second-order valence-electron chi connectivity index (χ2n) is 6.85. The lowest BCUT2D eigenvalue weighted by molar-refractivity contribution is 0.190. The Morgan fingerprint density at radius 2 is 1.70 bits per heavy atom. The van der Waals surface area contributed by atoms with Gasteiger partial charge in [0.1, 0.15) is 0 Å². The highest BCUT2D eigenvalue weighted by atomic mass is 32.5. The van der Waals surface area contributed by atoms with E-state index < -0.39 is 6.57 Å². The highest BCUT2D eigenvalue weighted by molar-refractivity contribution is 8.10. The zero-order chi connectivity index (χ0) is 16.4. The molecular weight excluding hydrogens is 323 g/mol. The highest BCUT2D eigenvalue weighted by Crippen LogP contribution is 2.65. The molecule has 3 nitrogen and oxygen atoms in total. The summed E-state index contributed by atoms with van der Waals surface area (Å²) in [6, 6.07) is 11.8. The molecule has 0 N–H and O–H groups in total. The van der Waals surface area contributed by atoms with Gasteiger partial charge in [-0.15, -0.1) is 0 Å². The minimum atomic E-state index is -2.11. The maximum absolute atomic E-state index is 6.72. The quantitative estimate of drug-likeness (QED) is 0.696. The normalized spacial score (nSPS) is 29.3. The third-order valence-electron chi connectivity index (χ3n) is 5.44. The smallest absolute Gasteiger partial charge is 0.204 e. The van der Waals surface area contributed by atoms with Gasteiger partial charge in [0.05, 0.1) is 6.10 Å². The number of fused-ring (bicyclic) bond motifs is 1. The standard InChI is InChI=1S/C18H29N2OPS/c1-4-10-18(15-11-6-5-7-12-15)21-22(23)19(2)16-13-8-9-14-17(16)20(22)3/h5-7,11-12,16-18H,4,8-10,13-14H2,1-3H3/t16-,17-,18-/m1/s1. The van der Waals surface area contributed by atoms with Crippen LogP contribution in [0.4, 0.5) is 0 Å². The molecule has 1 saturated carbocycles. The number of rotatable bonds is 5. The summed E-state index contributed by atoms with van der Waals surface area (Å²) in [6.45, 7) is 0.109. The van der Waals surface area contributed by atoms with Gasteiger partial charge in [0.15, 0.2) is 0 Å². The number of hydrogen-bond donors (Lipinski definition) is 0.